The summed E-state index contributed by atoms with van der Waals surface area (Å²) in [7, 11) is 0. The molecule has 1 fully saturated rings. The van der Waals surface area contributed by atoms with E-state index in [-0.39, 0.29) is 29.7 Å². The summed E-state index contributed by atoms with van der Waals surface area (Å²) in [5.41, 5.74) is 3.04. The molecule has 178 valence electrons. The van der Waals surface area contributed by atoms with Gasteiger partial charge in [-0.3, -0.25) is 9.47 Å². The number of nitrogens with zero attached hydrogens (tertiary/aromatic N) is 3. The van der Waals surface area contributed by atoms with Gasteiger partial charge in [0.15, 0.2) is 11.8 Å². The molecular formula is C26H34ClN3O3. The molecule has 1 aliphatic heterocycles. The van der Waals surface area contributed by atoms with E-state index in [9.17, 15) is 10.2 Å². The summed E-state index contributed by atoms with van der Waals surface area (Å²) in [5.74, 6) is 0.905. The van der Waals surface area contributed by atoms with Gasteiger partial charge in [0.2, 0.25) is 0 Å². The third-order valence-corrected chi connectivity index (χ3v) is 7.62. The maximum absolute atomic E-state index is 10.9. The molecule has 33 heavy (non-hydrogen) atoms. The van der Waals surface area contributed by atoms with E-state index in [1.165, 1.54) is 5.69 Å². The summed E-state index contributed by atoms with van der Waals surface area (Å²) >= 11 is 6.03. The Morgan fingerprint density at radius 3 is 2.21 bits per heavy atom. The van der Waals surface area contributed by atoms with Crippen LogP contribution >= 0.6 is 11.6 Å². The largest absolute Gasteiger partial charge is 0.494 e. The minimum atomic E-state index is -0.0893. The lowest BCUT2D eigenvalue weighted by Gasteiger charge is -2.37. The molecule has 3 atom stereocenters. The molecule has 1 saturated heterocycles. The second-order valence-electron chi connectivity index (χ2n) is 9.53. The van der Waals surface area contributed by atoms with Crippen molar-refractivity contribution >= 4 is 17.3 Å². The number of rotatable bonds is 9. The first-order valence-corrected chi connectivity index (χ1v) is 12.6. The van der Waals surface area contributed by atoms with Crippen molar-refractivity contribution in [1.29, 1.82) is 0 Å². The summed E-state index contributed by atoms with van der Waals surface area (Å²) < 4.78 is 7.94. The first kappa shape index (κ1) is 22.6. The second-order valence-corrected chi connectivity index (χ2v) is 9.97. The number of benzene rings is 1. The summed E-state index contributed by atoms with van der Waals surface area (Å²) in [6.07, 6.45) is 7.29. The van der Waals surface area contributed by atoms with Gasteiger partial charge in [0.05, 0.1) is 12.6 Å². The molecule has 1 aromatic carbocycles. The second kappa shape index (κ2) is 9.61. The molecule has 5 rings (SSSR count). The summed E-state index contributed by atoms with van der Waals surface area (Å²) in [5, 5.41) is 22.6. The zero-order valence-electron chi connectivity index (χ0n) is 19.3. The highest BCUT2D eigenvalue weighted by Gasteiger charge is 2.41. The summed E-state index contributed by atoms with van der Waals surface area (Å²) in [4.78, 5) is 4.82. The third-order valence-electron chi connectivity index (χ3n) is 7.37. The quantitative estimate of drug-likeness (QED) is 0.410. The number of ether oxygens (including phenoxy) is 1. The van der Waals surface area contributed by atoms with Gasteiger partial charge in [0.1, 0.15) is 0 Å². The van der Waals surface area contributed by atoms with Gasteiger partial charge in [-0.15, -0.1) is 0 Å². The minimum absolute atomic E-state index is 0.0893. The van der Waals surface area contributed by atoms with Crippen LogP contribution < -0.4 is 4.90 Å². The molecule has 1 aromatic heterocycles. The number of unbranched alkanes of at least 4 members (excludes halogenated alkanes) is 1. The van der Waals surface area contributed by atoms with Crippen molar-refractivity contribution in [1.82, 2.24) is 9.47 Å². The van der Waals surface area contributed by atoms with Crippen LogP contribution in [0.5, 0.6) is 11.8 Å². The van der Waals surface area contributed by atoms with Crippen LogP contribution in [-0.4, -0.2) is 65.1 Å². The SMILES string of the molecule is CCCCOC(CN1CCN(c2ccc(Cl)cc2)CC1)Cn1c(O)c2c(c1O)[C@H]1C=CC2C1. The van der Waals surface area contributed by atoms with E-state index in [4.69, 9.17) is 16.3 Å². The van der Waals surface area contributed by atoms with Crippen LogP contribution in [0.25, 0.3) is 0 Å². The number of piperazine rings is 1. The topological polar surface area (TPSA) is 61.1 Å². The lowest BCUT2D eigenvalue weighted by atomic mass is 10.0. The highest BCUT2D eigenvalue weighted by Crippen LogP contribution is 2.56. The van der Waals surface area contributed by atoms with E-state index in [2.05, 4.69) is 41.0 Å². The molecule has 2 bridgehead atoms. The third kappa shape index (κ3) is 4.48. The van der Waals surface area contributed by atoms with Crippen LogP contribution in [0.4, 0.5) is 5.69 Å². The molecule has 7 heteroatoms. The standard InChI is InChI=1S/C26H34ClN3O3/c1-2-3-14-33-22(16-28-10-12-29(13-11-28)21-8-6-20(27)7-9-21)17-30-25(31)23-18-4-5-19(15-18)24(23)26(30)32/h4-9,18-19,22,31-32H,2-3,10-17H2,1H3/t18-,19?,22?/m0/s1. The molecule has 2 heterocycles. The fourth-order valence-corrected chi connectivity index (χ4v) is 5.68. The molecule has 2 N–H and O–H groups in total. The number of aromatic nitrogens is 1. The van der Waals surface area contributed by atoms with E-state index in [1.807, 2.05) is 12.1 Å². The average Bonchev–Trinajstić information content (AvgIpc) is 3.50. The Morgan fingerprint density at radius 1 is 0.970 bits per heavy atom. The maximum atomic E-state index is 10.9. The van der Waals surface area contributed by atoms with Crippen molar-refractivity contribution in [3.63, 3.8) is 0 Å². The minimum Gasteiger partial charge on any atom is -0.494 e. The molecule has 0 amide bonds. The normalized spacial score (nSPS) is 22.8. The van der Waals surface area contributed by atoms with Crippen molar-refractivity contribution < 1.29 is 14.9 Å². The van der Waals surface area contributed by atoms with Gasteiger partial charge in [0.25, 0.3) is 0 Å². The number of anilines is 1. The predicted molar refractivity (Wildman–Crippen MR) is 132 cm³/mol. The van der Waals surface area contributed by atoms with E-state index in [0.717, 1.165) is 68.1 Å². The number of hydrogen-bond acceptors (Lipinski definition) is 5. The van der Waals surface area contributed by atoms with Crippen LogP contribution in [0, 0.1) is 0 Å². The fraction of sp³-hybridized carbons (Fsp3) is 0.538. The number of aromatic hydroxyl groups is 2. The Kier molecular flexibility index (Phi) is 6.59. The zero-order chi connectivity index (χ0) is 22.9. The molecule has 0 radical (unpaired) electrons. The molecule has 6 nitrogen and oxygen atoms in total. The lowest BCUT2D eigenvalue weighted by molar-refractivity contribution is 0.0110. The molecule has 3 aliphatic rings. The Balaban J connectivity index is 1.24. The molecule has 0 spiro atoms. The lowest BCUT2D eigenvalue weighted by Crippen LogP contribution is -2.49. The van der Waals surface area contributed by atoms with Crippen LogP contribution in [0.15, 0.2) is 36.4 Å². The van der Waals surface area contributed by atoms with E-state index in [1.54, 1.807) is 4.57 Å². The summed E-state index contributed by atoms with van der Waals surface area (Å²) in [6, 6.07) is 8.03. The van der Waals surface area contributed by atoms with Gasteiger partial charge in [0, 0.05) is 73.0 Å². The van der Waals surface area contributed by atoms with Gasteiger partial charge in [-0.25, -0.2) is 0 Å². The Hall–Kier alpha value is -2.15. The Bertz CT molecular complexity index is 960. The van der Waals surface area contributed by atoms with E-state index in [0.29, 0.717) is 13.2 Å². The van der Waals surface area contributed by atoms with E-state index >= 15 is 0 Å². The monoisotopic (exact) mass is 471 g/mol. The molecule has 2 aliphatic carbocycles. The van der Waals surface area contributed by atoms with E-state index < -0.39 is 0 Å². The van der Waals surface area contributed by atoms with Crippen LogP contribution in [-0.2, 0) is 11.3 Å². The first-order chi connectivity index (χ1) is 16.0. The Labute approximate surface area is 201 Å². The van der Waals surface area contributed by atoms with Gasteiger partial charge in [-0.2, -0.15) is 0 Å². The predicted octanol–water partition coefficient (Wildman–Crippen LogP) is 4.70. The number of hydrogen-bond donors (Lipinski definition) is 2. The van der Waals surface area contributed by atoms with Crippen molar-refractivity contribution in [3.05, 3.63) is 52.6 Å². The van der Waals surface area contributed by atoms with Crippen LogP contribution in [0.1, 0.15) is 49.1 Å². The number of fused-ring (bicyclic) bond motifs is 5. The highest BCUT2D eigenvalue weighted by atomic mass is 35.5. The molecule has 2 unspecified atom stereocenters. The molecule has 2 aromatic rings. The number of allylic oxidation sites excluding steroid dienone is 2. The van der Waals surface area contributed by atoms with Crippen molar-refractivity contribution in [2.45, 2.75) is 50.7 Å². The highest BCUT2D eigenvalue weighted by molar-refractivity contribution is 6.30. The van der Waals surface area contributed by atoms with Crippen LogP contribution in [0.3, 0.4) is 0 Å². The smallest absolute Gasteiger partial charge is 0.198 e. The van der Waals surface area contributed by atoms with Crippen molar-refractivity contribution in [3.8, 4) is 11.8 Å². The molecular weight excluding hydrogens is 438 g/mol. The fourth-order valence-electron chi connectivity index (χ4n) is 5.55. The van der Waals surface area contributed by atoms with Gasteiger partial charge >= 0.3 is 0 Å². The number of halogens is 1. The van der Waals surface area contributed by atoms with Crippen molar-refractivity contribution in [2.75, 3.05) is 44.2 Å². The Morgan fingerprint density at radius 2 is 1.61 bits per heavy atom. The van der Waals surface area contributed by atoms with Crippen molar-refractivity contribution in [2.24, 2.45) is 0 Å². The van der Waals surface area contributed by atoms with Gasteiger partial charge in [-0.1, -0.05) is 37.1 Å². The average molecular weight is 472 g/mol. The van der Waals surface area contributed by atoms with Gasteiger partial charge in [-0.05, 0) is 37.1 Å². The molecule has 0 saturated carbocycles. The van der Waals surface area contributed by atoms with Crippen LogP contribution in [0.2, 0.25) is 5.02 Å². The van der Waals surface area contributed by atoms with Gasteiger partial charge < -0.3 is 19.8 Å². The first-order valence-electron chi connectivity index (χ1n) is 12.2. The maximum Gasteiger partial charge on any atom is 0.198 e. The summed E-state index contributed by atoms with van der Waals surface area (Å²) in [6.45, 7) is 7.90. The zero-order valence-corrected chi connectivity index (χ0v) is 20.0.